The molecule has 0 unspecified atom stereocenters. The zero-order chi connectivity index (χ0) is 20.2. The maximum Gasteiger partial charge on any atom is 0.199 e. The number of nitrogens with zero attached hydrogens (tertiary/aromatic N) is 1. The van der Waals surface area contributed by atoms with Crippen molar-refractivity contribution in [2.24, 2.45) is 0 Å². The van der Waals surface area contributed by atoms with E-state index in [4.69, 9.17) is 9.40 Å². The van der Waals surface area contributed by atoms with Crippen molar-refractivity contribution in [2.75, 3.05) is 0 Å². The van der Waals surface area contributed by atoms with Crippen molar-refractivity contribution in [3.63, 3.8) is 0 Å². The Morgan fingerprint density at radius 2 is 1.60 bits per heavy atom. The molecule has 0 spiro atoms. The Kier molecular flexibility index (Phi) is 4.00. The number of aromatic nitrogens is 1. The van der Waals surface area contributed by atoms with E-state index >= 15 is 0 Å². The van der Waals surface area contributed by atoms with Crippen molar-refractivity contribution in [3.8, 4) is 0 Å². The molecule has 0 amide bonds. The van der Waals surface area contributed by atoms with E-state index in [0.717, 1.165) is 44.8 Å². The number of carbonyl (C=O) groups excluding carboxylic acids is 2. The first kappa shape index (κ1) is 17.8. The lowest BCUT2D eigenvalue weighted by atomic mass is 9.89. The first-order valence-electron chi connectivity index (χ1n) is 10.4. The number of carbonyl (C=O) groups is 2. The molecule has 0 aliphatic heterocycles. The van der Waals surface area contributed by atoms with Crippen LogP contribution in [0.4, 0.5) is 0 Å². The van der Waals surface area contributed by atoms with Gasteiger partial charge in [0.1, 0.15) is 0 Å². The number of hydrogen-bond donors (Lipinski definition) is 0. The fourth-order valence-corrected chi connectivity index (χ4v) is 5.55. The second-order valence-electron chi connectivity index (χ2n) is 8.17. The van der Waals surface area contributed by atoms with Crippen LogP contribution in [-0.2, 0) is 0 Å². The summed E-state index contributed by atoms with van der Waals surface area (Å²) in [6, 6.07) is 13.3. The fourth-order valence-electron chi connectivity index (χ4n) is 4.65. The van der Waals surface area contributed by atoms with E-state index in [0.29, 0.717) is 17.0 Å². The Labute approximate surface area is 177 Å². The van der Waals surface area contributed by atoms with Gasteiger partial charge in [-0.25, -0.2) is 4.98 Å². The first-order valence-corrected chi connectivity index (χ1v) is 11.2. The lowest BCUT2D eigenvalue weighted by Crippen LogP contribution is -2.04. The van der Waals surface area contributed by atoms with Gasteiger partial charge in [0.2, 0.25) is 0 Å². The molecule has 6 rings (SSSR count). The van der Waals surface area contributed by atoms with Crippen LogP contribution in [0.25, 0.3) is 27.3 Å². The summed E-state index contributed by atoms with van der Waals surface area (Å²) >= 11 is 1.47. The molecule has 2 aliphatic rings. The van der Waals surface area contributed by atoms with Crippen LogP contribution in [0.15, 0.2) is 52.5 Å². The van der Waals surface area contributed by atoms with Crippen molar-refractivity contribution in [2.45, 2.75) is 38.0 Å². The average molecular weight is 413 g/mol. The second kappa shape index (κ2) is 6.74. The van der Waals surface area contributed by atoms with Gasteiger partial charge in [0, 0.05) is 28.0 Å². The third-order valence-electron chi connectivity index (χ3n) is 6.23. The third-order valence-corrected chi connectivity index (χ3v) is 7.19. The van der Waals surface area contributed by atoms with Gasteiger partial charge in [-0.05, 0) is 41.8 Å². The summed E-state index contributed by atoms with van der Waals surface area (Å²) in [5.41, 5.74) is 1.94. The molecule has 1 saturated carbocycles. The quantitative estimate of drug-likeness (QED) is 0.276. The molecule has 0 bridgehead atoms. The minimum absolute atomic E-state index is 0.207. The van der Waals surface area contributed by atoms with Gasteiger partial charge < -0.3 is 4.42 Å². The second-order valence-corrected chi connectivity index (χ2v) is 9.23. The molecule has 2 aromatic carbocycles. The maximum atomic E-state index is 12.9. The monoisotopic (exact) mass is 413 g/mol. The van der Waals surface area contributed by atoms with Crippen LogP contribution in [0.1, 0.15) is 69.5 Å². The molecule has 0 saturated heterocycles. The van der Waals surface area contributed by atoms with E-state index in [1.54, 1.807) is 6.08 Å². The Hall–Kier alpha value is -3.05. The summed E-state index contributed by atoms with van der Waals surface area (Å²) < 4.78 is 6.02. The molecule has 148 valence electrons. The number of oxazole rings is 1. The number of Topliss-reactive ketones (excluding diaryl/α,β-unsaturated/α-hetero) is 2. The van der Waals surface area contributed by atoms with E-state index < -0.39 is 0 Å². The lowest BCUT2D eigenvalue weighted by molar-refractivity contribution is 0.0990. The minimum Gasteiger partial charge on any atom is -0.439 e. The van der Waals surface area contributed by atoms with Crippen LogP contribution in [0.3, 0.4) is 0 Å². The zero-order valence-corrected chi connectivity index (χ0v) is 17.1. The van der Waals surface area contributed by atoms with E-state index in [1.807, 2.05) is 42.5 Å². The standard InChI is InChI=1S/C25H19NO3S/c27-22-18-10-15-8-4-5-9-16(15)11-19(18)23(28)20(22)12-17-13-21-25(30-17)26-24(29-21)14-6-2-1-3-7-14/h4-5,8-14H,1-3,6-7H2. The SMILES string of the molecule is O=C1C(=Cc2cc3oc(C4CCCCC4)nc3s2)C(=O)c2cc3ccccc3cc21. The van der Waals surface area contributed by atoms with Gasteiger partial charge in [0.05, 0.1) is 5.57 Å². The Balaban J connectivity index is 1.35. The molecular weight excluding hydrogens is 394 g/mol. The topological polar surface area (TPSA) is 60.2 Å². The number of rotatable bonds is 2. The maximum absolute atomic E-state index is 12.9. The fraction of sp³-hybridized carbons (Fsp3) is 0.240. The highest BCUT2D eigenvalue weighted by Gasteiger charge is 2.33. The van der Waals surface area contributed by atoms with Crippen molar-refractivity contribution >= 4 is 50.2 Å². The third kappa shape index (κ3) is 2.76. The Bertz CT molecular complexity index is 1280. The van der Waals surface area contributed by atoms with Crippen LogP contribution >= 0.6 is 11.3 Å². The minimum atomic E-state index is -0.207. The summed E-state index contributed by atoms with van der Waals surface area (Å²) in [7, 11) is 0. The molecule has 1 fully saturated rings. The number of allylic oxidation sites excluding steroid dienone is 1. The Morgan fingerprint density at radius 3 is 2.23 bits per heavy atom. The molecule has 2 aromatic heterocycles. The van der Waals surface area contributed by atoms with E-state index in [-0.39, 0.29) is 17.1 Å². The summed E-state index contributed by atoms with van der Waals surface area (Å²) in [4.78, 5) is 32.2. The van der Waals surface area contributed by atoms with Gasteiger partial charge in [0.25, 0.3) is 0 Å². The van der Waals surface area contributed by atoms with Crippen LogP contribution in [0.5, 0.6) is 0 Å². The number of fused-ring (bicyclic) bond motifs is 3. The van der Waals surface area contributed by atoms with Crippen LogP contribution in [0.2, 0.25) is 0 Å². The van der Waals surface area contributed by atoms with Crippen molar-refractivity contribution in [1.82, 2.24) is 4.98 Å². The molecule has 0 atom stereocenters. The van der Waals surface area contributed by atoms with Gasteiger partial charge >= 0.3 is 0 Å². The van der Waals surface area contributed by atoms with Crippen LogP contribution in [0, 0.1) is 0 Å². The lowest BCUT2D eigenvalue weighted by Gasteiger charge is -2.17. The smallest absolute Gasteiger partial charge is 0.199 e. The highest BCUT2D eigenvalue weighted by atomic mass is 32.1. The van der Waals surface area contributed by atoms with Gasteiger partial charge in [-0.3, -0.25) is 9.59 Å². The summed E-state index contributed by atoms with van der Waals surface area (Å²) in [6.07, 6.45) is 7.73. The van der Waals surface area contributed by atoms with Crippen molar-refractivity contribution < 1.29 is 14.0 Å². The molecule has 4 nitrogen and oxygen atoms in total. The number of hydrogen-bond acceptors (Lipinski definition) is 5. The van der Waals surface area contributed by atoms with Gasteiger partial charge in [-0.1, -0.05) is 43.5 Å². The van der Waals surface area contributed by atoms with Gasteiger partial charge in [-0.15, -0.1) is 11.3 Å². The summed E-state index contributed by atoms with van der Waals surface area (Å²) in [5.74, 6) is 0.840. The molecule has 0 N–H and O–H groups in total. The normalized spacial score (nSPS) is 17.3. The van der Waals surface area contributed by atoms with Crippen LogP contribution < -0.4 is 0 Å². The number of ketones is 2. The van der Waals surface area contributed by atoms with Gasteiger partial charge in [0.15, 0.2) is 27.9 Å². The molecule has 4 aromatic rings. The largest absolute Gasteiger partial charge is 0.439 e. The van der Waals surface area contributed by atoms with Crippen molar-refractivity contribution in [3.05, 3.63) is 69.9 Å². The number of benzene rings is 2. The van der Waals surface area contributed by atoms with Gasteiger partial charge in [-0.2, -0.15) is 0 Å². The molecule has 30 heavy (non-hydrogen) atoms. The van der Waals surface area contributed by atoms with Crippen LogP contribution in [-0.4, -0.2) is 16.6 Å². The first-order chi connectivity index (χ1) is 14.7. The Morgan fingerprint density at radius 1 is 0.933 bits per heavy atom. The molecule has 0 radical (unpaired) electrons. The van der Waals surface area contributed by atoms with Crippen molar-refractivity contribution in [1.29, 1.82) is 0 Å². The van der Waals surface area contributed by atoms with E-state index in [1.165, 1.54) is 30.6 Å². The molecular formula is C25H19NO3S. The average Bonchev–Trinajstić information content (AvgIpc) is 3.41. The highest BCUT2D eigenvalue weighted by molar-refractivity contribution is 7.19. The zero-order valence-electron chi connectivity index (χ0n) is 16.3. The molecule has 5 heteroatoms. The van der Waals surface area contributed by atoms with E-state index in [2.05, 4.69) is 0 Å². The highest BCUT2D eigenvalue weighted by Crippen LogP contribution is 2.37. The molecule has 2 aliphatic carbocycles. The summed E-state index contributed by atoms with van der Waals surface area (Å²) in [6.45, 7) is 0. The summed E-state index contributed by atoms with van der Waals surface area (Å²) in [5, 5.41) is 1.93. The predicted octanol–water partition coefficient (Wildman–Crippen LogP) is 6.55. The number of thiophene rings is 1. The van der Waals surface area contributed by atoms with E-state index in [9.17, 15) is 9.59 Å². The molecule has 2 heterocycles. The predicted molar refractivity (Wildman–Crippen MR) is 118 cm³/mol.